The van der Waals surface area contributed by atoms with Gasteiger partial charge in [0.2, 0.25) is 5.69 Å². The number of furan rings is 1. The number of hydrogen-bond acceptors (Lipinski definition) is 1. The standard InChI is InChI=1S/C20H14FN2O/c1-12-15(21)11-18-20(19(12)16-6-4-5-9-23(16)3)14-8-7-13(22-2)10-17(14)24-18/h4-11H,1,3H3/q+1. The smallest absolute Gasteiger partial charge is 0.213 e. The Kier molecular flexibility index (Phi) is 3.10. The number of halogens is 1. The molecule has 0 saturated heterocycles. The van der Waals surface area contributed by atoms with Gasteiger partial charge in [-0.05, 0) is 24.6 Å². The van der Waals surface area contributed by atoms with Crippen LogP contribution in [0.2, 0.25) is 0 Å². The van der Waals surface area contributed by atoms with Crippen LogP contribution >= 0.6 is 0 Å². The fourth-order valence-electron chi connectivity index (χ4n) is 3.17. The van der Waals surface area contributed by atoms with Crippen molar-refractivity contribution in [3.8, 4) is 11.3 Å². The molecule has 0 spiro atoms. The third-order valence-corrected chi connectivity index (χ3v) is 4.38. The second-order valence-electron chi connectivity index (χ2n) is 5.82. The molecule has 24 heavy (non-hydrogen) atoms. The van der Waals surface area contributed by atoms with Gasteiger partial charge in [0.05, 0.1) is 12.1 Å². The highest BCUT2D eigenvalue weighted by atomic mass is 19.1. The van der Waals surface area contributed by atoms with Crippen LogP contribution in [0.15, 0.2) is 53.1 Å². The summed E-state index contributed by atoms with van der Waals surface area (Å²) >= 11 is 0. The van der Waals surface area contributed by atoms with Crippen molar-refractivity contribution in [3.05, 3.63) is 71.5 Å². The number of nitrogens with zero attached hydrogens (tertiary/aromatic N) is 2. The lowest BCUT2D eigenvalue weighted by atomic mass is 9.97. The third-order valence-electron chi connectivity index (χ3n) is 4.38. The van der Waals surface area contributed by atoms with E-state index < -0.39 is 0 Å². The van der Waals surface area contributed by atoms with E-state index in [0.717, 1.165) is 22.0 Å². The molecule has 0 saturated carbocycles. The van der Waals surface area contributed by atoms with Crippen LogP contribution in [0.4, 0.5) is 10.1 Å². The van der Waals surface area contributed by atoms with Crippen LogP contribution in [-0.2, 0) is 7.05 Å². The molecule has 4 rings (SSSR count). The van der Waals surface area contributed by atoms with Crippen LogP contribution in [0.25, 0.3) is 38.0 Å². The Morgan fingerprint density at radius 2 is 1.96 bits per heavy atom. The van der Waals surface area contributed by atoms with Crippen molar-refractivity contribution >= 4 is 27.6 Å². The van der Waals surface area contributed by atoms with E-state index in [1.807, 2.05) is 42.1 Å². The lowest BCUT2D eigenvalue weighted by Crippen LogP contribution is -2.30. The monoisotopic (exact) mass is 317 g/mol. The Morgan fingerprint density at radius 1 is 1.12 bits per heavy atom. The van der Waals surface area contributed by atoms with E-state index in [0.29, 0.717) is 22.4 Å². The van der Waals surface area contributed by atoms with Crippen LogP contribution in [0.5, 0.6) is 0 Å². The van der Waals surface area contributed by atoms with Gasteiger partial charge >= 0.3 is 0 Å². The minimum atomic E-state index is -0.300. The first-order chi connectivity index (χ1) is 11.6. The van der Waals surface area contributed by atoms with Crippen LogP contribution in [-0.4, -0.2) is 0 Å². The molecule has 0 aliphatic rings. The molecule has 2 aromatic carbocycles. The number of benzene rings is 2. The van der Waals surface area contributed by atoms with Crippen LogP contribution in [0.3, 0.4) is 0 Å². The van der Waals surface area contributed by atoms with E-state index in [4.69, 9.17) is 11.0 Å². The second-order valence-corrected chi connectivity index (χ2v) is 5.82. The highest BCUT2D eigenvalue weighted by Crippen LogP contribution is 2.39. The van der Waals surface area contributed by atoms with E-state index in [1.54, 1.807) is 19.1 Å². The number of aryl methyl sites for hydroxylation is 1. The number of rotatable bonds is 1. The van der Waals surface area contributed by atoms with Crippen molar-refractivity contribution in [2.45, 2.75) is 6.92 Å². The zero-order valence-electron chi connectivity index (χ0n) is 13.3. The molecule has 2 heterocycles. The van der Waals surface area contributed by atoms with E-state index in [2.05, 4.69) is 4.85 Å². The van der Waals surface area contributed by atoms with Crippen molar-refractivity contribution in [3.63, 3.8) is 0 Å². The van der Waals surface area contributed by atoms with Gasteiger partial charge in [-0.15, -0.1) is 0 Å². The van der Waals surface area contributed by atoms with Gasteiger partial charge in [-0.2, -0.15) is 0 Å². The summed E-state index contributed by atoms with van der Waals surface area (Å²) < 4.78 is 22.3. The molecular formula is C20H14FN2O+. The minimum absolute atomic E-state index is 0.300. The van der Waals surface area contributed by atoms with Crippen molar-refractivity contribution in [1.29, 1.82) is 0 Å². The second kappa shape index (κ2) is 5.17. The average Bonchev–Trinajstić information content (AvgIpc) is 2.93. The Balaban J connectivity index is 2.21. The molecule has 2 aromatic heterocycles. The van der Waals surface area contributed by atoms with Gasteiger partial charge < -0.3 is 4.42 Å². The van der Waals surface area contributed by atoms with Crippen molar-refractivity contribution < 1.29 is 13.4 Å². The zero-order valence-corrected chi connectivity index (χ0v) is 13.3. The maximum atomic E-state index is 14.5. The largest absolute Gasteiger partial charge is 0.457 e. The molecule has 0 radical (unpaired) electrons. The van der Waals surface area contributed by atoms with Gasteiger partial charge in [0.15, 0.2) is 11.9 Å². The fourth-order valence-corrected chi connectivity index (χ4v) is 3.17. The van der Waals surface area contributed by atoms with Crippen LogP contribution in [0.1, 0.15) is 5.56 Å². The van der Waals surface area contributed by atoms with E-state index in [9.17, 15) is 4.39 Å². The van der Waals surface area contributed by atoms with Gasteiger partial charge in [-0.3, -0.25) is 0 Å². The summed E-state index contributed by atoms with van der Waals surface area (Å²) in [4.78, 5) is 3.43. The highest BCUT2D eigenvalue weighted by molar-refractivity contribution is 6.13. The minimum Gasteiger partial charge on any atom is -0.457 e. The lowest BCUT2D eigenvalue weighted by molar-refractivity contribution is -0.660. The first kappa shape index (κ1) is 14.4. The number of fused-ring (bicyclic) bond motifs is 3. The summed E-state index contributed by atoms with van der Waals surface area (Å²) in [6, 6.07) is 12.6. The van der Waals surface area contributed by atoms with Gasteiger partial charge in [0.1, 0.15) is 24.0 Å². The lowest BCUT2D eigenvalue weighted by Gasteiger charge is -2.07. The van der Waals surface area contributed by atoms with Crippen molar-refractivity contribution in [1.82, 2.24) is 0 Å². The fraction of sp³-hybridized carbons (Fsp3) is 0.100. The number of aromatic nitrogens is 1. The van der Waals surface area contributed by atoms with Crippen LogP contribution < -0.4 is 4.57 Å². The summed E-state index contributed by atoms with van der Waals surface area (Å²) in [7, 11) is 1.94. The Morgan fingerprint density at radius 3 is 2.71 bits per heavy atom. The van der Waals surface area contributed by atoms with Gasteiger partial charge in [0.25, 0.3) is 0 Å². The number of hydrogen-bond donors (Lipinski definition) is 0. The topological polar surface area (TPSA) is 21.4 Å². The molecule has 0 aliphatic carbocycles. The van der Waals surface area contributed by atoms with E-state index in [1.165, 1.54) is 6.07 Å². The Hall–Kier alpha value is -3.19. The Bertz CT molecular complexity index is 1150. The summed E-state index contributed by atoms with van der Waals surface area (Å²) in [5, 5.41) is 1.77. The molecular weight excluding hydrogens is 303 g/mol. The summed E-state index contributed by atoms with van der Waals surface area (Å²) in [5.41, 5.74) is 3.92. The molecule has 0 amide bonds. The van der Waals surface area contributed by atoms with Crippen molar-refractivity contribution in [2.24, 2.45) is 7.05 Å². The van der Waals surface area contributed by atoms with E-state index in [-0.39, 0.29) is 5.82 Å². The van der Waals surface area contributed by atoms with Gasteiger partial charge in [-0.1, -0.05) is 12.1 Å². The average molecular weight is 317 g/mol. The molecule has 4 aromatic rings. The van der Waals surface area contributed by atoms with Crippen LogP contribution in [0, 0.1) is 19.3 Å². The molecule has 0 unspecified atom stereocenters. The molecule has 0 aliphatic heterocycles. The quantitative estimate of drug-likeness (QED) is 0.354. The zero-order chi connectivity index (χ0) is 16.8. The summed E-state index contributed by atoms with van der Waals surface area (Å²) in [6.45, 7) is 8.93. The summed E-state index contributed by atoms with van der Waals surface area (Å²) in [6.07, 6.45) is 1.94. The third kappa shape index (κ3) is 1.99. The Labute approximate surface area is 138 Å². The molecule has 4 heteroatoms. The van der Waals surface area contributed by atoms with Gasteiger partial charge in [-0.25, -0.2) is 13.8 Å². The normalized spacial score (nSPS) is 11.1. The summed E-state index contributed by atoms with van der Waals surface area (Å²) in [5.74, 6) is -0.300. The molecule has 0 atom stereocenters. The SMILES string of the molecule is [C-]#[N+]c1ccc2c(c1)oc1cc(F)c(C)c(-c3cccc[n+]3C)c12. The van der Waals surface area contributed by atoms with Gasteiger partial charge in [0, 0.05) is 29.0 Å². The molecule has 116 valence electrons. The molecule has 0 bridgehead atoms. The maximum Gasteiger partial charge on any atom is 0.213 e. The maximum absolute atomic E-state index is 14.5. The van der Waals surface area contributed by atoms with Crippen molar-refractivity contribution in [2.75, 3.05) is 0 Å². The molecule has 3 nitrogen and oxygen atoms in total. The highest BCUT2D eigenvalue weighted by Gasteiger charge is 2.22. The predicted octanol–water partition coefficient (Wildman–Crippen LogP) is 5.08. The number of pyridine rings is 1. The van der Waals surface area contributed by atoms with E-state index >= 15 is 0 Å². The first-order valence-corrected chi connectivity index (χ1v) is 7.58. The molecule has 0 N–H and O–H groups in total. The predicted molar refractivity (Wildman–Crippen MR) is 91.3 cm³/mol. The first-order valence-electron chi connectivity index (χ1n) is 7.58. The molecule has 0 fully saturated rings.